The zero-order chi connectivity index (χ0) is 13.6. The van der Waals surface area contributed by atoms with Gasteiger partial charge in [0.25, 0.3) is 0 Å². The summed E-state index contributed by atoms with van der Waals surface area (Å²) in [5.41, 5.74) is 8.84. The molecule has 0 amide bonds. The van der Waals surface area contributed by atoms with E-state index in [2.05, 4.69) is 0 Å². The highest BCUT2D eigenvalue weighted by molar-refractivity contribution is 7.12. The van der Waals surface area contributed by atoms with Gasteiger partial charge in [-0.2, -0.15) is 0 Å². The normalized spacial score (nSPS) is 21.1. The summed E-state index contributed by atoms with van der Waals surface area (Å²) in [6.07, 6.45) is 11.1. The average Bonchev–Trinajstić information content (AvgIpc) is 3.02. The second-order valence-electron chi connectivity index (χ2n) is 6.12. The Labute approximate surface area is 123 Å². The molecule has 0 spiro atoms. The number of nitrogens with two attached hydrogens (primary N) is 1. The van der Waals surface area contributed by atoms with E-state index in [9.17, 15) is 0 Å². The summed E-state index contributed by atoms with van der Waals surface area (Å²) < 4.78 is 5.55. The summed E-state index contributed by atoms with van der Waals surface area (Å²) in [7, 11) is 0. The Morgan fingerprint density at radius 3 is 2.75 bits per heavy atom. The lowest BCUT2D eigenvalue weighted by molar-refractivity contribution is 0.384. The van der Waals surface area contributed by atoms with Crippen molar-refractivity contribution < 1.29 is 4.42 Å². The summed E-state index contributed by atoms with van der Waals surface area (Å²) in [6.45, 7) is 0. The highest BCUT2D eigenvalue weighted by Crippen LogP contribution is 2.42. The van der Waals surface area contributed by atoms with Gasteiger partial charge in [-0.05, 0) is 25.3 Å². The lowest BCUT2D eigenvalue weighted by Crippen LogP contribution is -2.35. The van der Waals surface area contributed by atoms with Crippen LogP contribution in [0.15, 0.2) is 16.7 Å². The SMILES string of the molecule is NC1(c2nc3c(s2)CCc2occc2-3)CCCCCC1. The van der Waals surface area contributed by atoms with E-state index in [-0.39, 0.29) is 5.54 Å². The van der Waals surface area contributed by atoms with Gasteiger partial charge in [0.1, 0.15) is 10.8 Å². The predicted octanol–water partition coefficient (Wildman–Crippen LogP) is 4.01. The number of aryl methyl sites for hydroxylation is 2. The molecule has 0 aliphatic heterocycles. The van der Waals surface area contributed by atoms with Crippen LogP contribution in [0, 0.1) is 0 Å². The van der Waals surface area contributed by atoms with Crippen molar-refractivity contribution in [2.45, 2.75) is 56.9 Å². The summed E-state index contributed by atoms with van der Waals surface area (Å²) in [5, 5.41) is 1.15. The monoisotopic (exact) mass is 288 g/mol. The number of nitrogens with zero attached hydrogens (tertiary/aromatic N) is 1. The molecule has 1 saturated carbocycles. The molecule has 2 aromatic rings. The standard InChI is InChI=1S/C16H20N2OS/c17-16(8-3-1-2-4-9-16)15-18-14-11-7-10-19-12(11)5-6-13(14)20-15/h7,10H,1-6,8-9,17H2. The van der Waals surface area contributed by atoms with Crippen LogP contribution in [0.1, 0.15) is 54.2 Å². The molecule has 0 atom stereocenters. The molecular formula is C16H20N2OS. The van der Waals surface area contributed by atoms with Gasteiger partial charge in [-0.3, -0.25) is 0 Å². The van der Waals surface area contributed by atoms with Crippen molar-refractivity contribution in [2.75, 3.05) is 0 Å². The lowest BCUT2D eigenvalue weighted by Gasteiger charge is -2.25. The van der Waals surface area contributed by atoms with Crippen LogP contribution in [-0.2, 0) is 18.4 Å². The second kappa shape index (κ2) is 4.71. The maximum absolute atomic E-state index is 6.71. The predicted molar refractivity (Wildman–Crippen MR) is 80.8 cm³/mol. The Morgan fingerprint density at radius 1 is 1.15 bits per heavy atom. The molecule has 2 heterocycles. The number of thiazole rings is 1. The minimum absolute atomic E-state index is 0.192. The Hall–Kier alpha value is -1.13. The third-order valence-corrected chi connectivity index (χ3v) is 6.03. The number of aromatic nitrogens is 1. The fourth-order valence-electron chi connectivity index (χ4n) is 3.49. The van der Waals surface area contributed by atoms with Crippen molar-refractivity contribution in [3.63, 3.8) is 0 Å². The molecule has 20 heavy (non-hydrogen) atoms. The van der Waals surface area contributed by atoms with Gasteiger partial charge in [0.2, 0.25) is 0 Å². The molecule has 4 rings (SSSR count). The van der Waals surface area contributed by atoms with Gasteiger partial charge in [-0.1, -0.05) is 25.7 Å². The quantitative estimate of drug-likeness (QED) is 0.807. The summed E-state index contributed by atoms with van der Waals surface area (Å²) in [6, 6.07) is 2.05. The number of furan rings is 1. The first-order valence-corrected chi connectivity index (χ1v) is 8.44. The summed E-state index contributed by atoms with van der Waals surface area (Å²) >= 11 is 1.84. The van der Waals surface area contributed by atoms with Gasteiger partial charge < -0.3 is 10.2 Å². The van der Waals surface area contributed by atoms with E-state index >= 15 is 0 Å². The van der Waals surface area contributed by atoms with Crippen LogP contribution >= 0.6 is 11.3 Å². The Balaban J connectivity index is 1.75. The molecule has 0 saturated heterocycles. The maximum Gasteiger partial charge on any atom is 0.113 e. The van der Waals surface area contributed by atoms with Crippen LogP contribution in [0.3, 0.4) is 0 Å². The van der Waals surface area contributed by atoms with E-state index in [1.807, 2.05) is 17.4 Å². The van der Waals surface area contributed by atoms with Crippen LogP contribution in [-0.4, -0.2) is 4.98 Å². The molecule has 1 fully saturated rings. The first kappa shape index (κ1) is 12.6. The highest BCUT2D eigenvalue weighted by atomic mass is 32.1. The molecule has 2 aromatic heterocycles. The van der Waals surface area contributed by atoms with Crippen molar-refractivity contribution in [2.24, 2.45) is 5.73 Å². The van der Waals surface area contributed by atoms with Gasteiger partial charge in [0.05, 0.1) is 17.5 Å². The Morgan fingerprint density at radius 2 is 1.95 bits per heavy atom. The second-order valence-corrected chi connectivity index (χ2v) is 7.20. The molecule has 0 unspecified atom stereocenters. The van der Waals surface area contributed by atoms with Gasteiger partial charge in [0.15, 0.2) is 0 Å². The molecule has 106 valence electrons. The van der Waals surface area contributed by atoms with Crippen LogP contribution in [0.4, 0.5) is 0 Å². The van der Waals surface area contributed by atoms with E-state index in [1.165, 1.54) is 36.1 Å². The van der Waals surface area contributed by atoms with Crippen LogP contribution in [0.2, 0.25) is 0 Å². The van der Waals surface area contributed by atoms with E-state index in [1.54, 1.807) is 6.26 Å². The molecule has 0 aromatic carbocycles. The molecule has 4 heteroatoms. The number of hydrogen-bond acceptors (Lipinski definition) is 4. The van der Waals surface area contributed by atoms with Crippen LogP contribution < -0.4 is 5.73 Å². The van der Waals surface area contributed by atoms with Crippen molar-refractivity contribution in [3.05, 3.63) is 28.0 Å². The molecule has 2 aliphatic rings. The molecule has 0 bridgehead atoms. The first-order valence-electron chi connectivity index (χ1n) is 7.62. The zero-order valence-corrected chi connectivity index (χ0v) is 12.5. The largest absolute Gasteiger partial charge is 0.469 e. The third kappa shape index (κ3) is 1.93. The number of rotatable bonds is 1. The fourth-order valence-corrected chi connectivity index (χ4v) is 4.72. The smallest absolute Gasteiger partial charge is 0.113 e. The van der Waals surface area contributed by atoms with Gasteiger partial charge in [0, 0.05) is 16.9 Å². The topological polar surface area (TPSA) is 52.0 Å². The lowest BCUT2D eigenvalue weighted by atomic mass is 9.92. The Bertz CT molecular complexity index is 620. The fraction of sp³-hybridized carbons (Fsp3) is 0.562. The Kier molecular flexibility index (Phi) is 2.97. The highest BCUT2D eigenvalue weighted by Gasteiger charge is 2.34. The van der Waals surface area contributed by atoms with Crippen molar-refractivity contribution in [1.82, 2.24) is 4.98 Å². The van der Waals surface area contributed by atoms with E-state index < -0.39 is 0 Å². The molecule has 0 radical (unpaired) electrons. The van der Waals surface area contributed by atoms with Gasteiger partial charge >= 0.3 is 0 Å². The molecule has 3 nitrogen and oxygen atoms in total. The minimum Gasteiger partial charge on any atom is -0.469 e. The summed E-state index contributed by atoms with van der Waals surface area (Å²) in [5.74, 6) is 1.08. The van der Waals surface area contributed by atoms with Crippen molar-refractivity contribution in [3.8, 4) is 11.3 Å². The van der Waals surface area contributed by atoms with Gasteiger partial charge in [-0.25, -0.2) is 4.98 Å². The van der Waals surface area contributed by atoms with E-state index in [4.69, 9.17) is 15.1 Å². The summed E-state index contributed by atoms with van der Waals surface area (Å²) in [4.78, 5) is 6.33. The first-order chi connectivity index (χ1) is 9.76. The zero-order valence-electron chi connectivity index (χ0n) is 11.7. The average molecular weight is 288 g/mol. The number of fused-ring (bicyclic) bond motifs is 3. The van der Waals surface area contributed by atoms with Crippen molar-refractivity contribution >= 4 is 11.3 Å². The maximum atomic E-state index is 6.71. The van der Waals surface area contributed by atoms with E-state index in [0.717, 1.165) is 42.1 Å². The molecular weight excluding hydrogens is 268 g/mol. The molecule has 2 aliphatic carbocycles. The van der Waals surface area contributed by atoms with Crippen LogP contribution in [0.5, 0.6) is 0 Å². The third-order valence-electron chi connectivity index (χ3n) is 4.70. The number of hydrogen-bond donors (Lipinski definition) is 1. The minimum atomic E-state index is -0.192. The van der Waals surface area contributed by atoms with E-state index in [0.29, 0.717) is 0 Å². The van der Waals surface area contributed by atoms with Crippen LogP contribution in [0.25, 0.3) is 11.3 Å². The molecule has 2 N–H and O–H groups in total. The van der Waals surface area contributed by atoms with Gasteiger partial charge in [-0.15, -0.1) is 11.3 Å². The van der Waals surface area contributed by atoms with Crippen molar-refractivity contribution in [1.29, 1.82) is 0 Å².